The number of ether oxygens (including phenoxy) is 2. The fourth-order valence-electron chi connectivity index (χ4n) is 5.21. The van der Waals surface area contributed by atoms with Crippen molar-refractivity contribution in [1.82, 2.24) is 4.98 Å². The predicted molar refractivity (Wildman–Crippen MR) is 139 cm³/mol. The standard InChI is InChI=1S/C27H42N2O6S/c1-15-8-7-9-27(6)22(35-27)11-20(16(2)10-19-13-36-18(4)29-19)34-23(31)12-21(30)26(5,14-28)25(33)17(3)24(15)32/h10,13,15,17,20-22,24,30,32H,7-9,11-12,14,28H2,1-6H3/b16-10+/t15-,17+,20-,21-,22-,24-,26?,27+/m0/s1. The SMILES string of the molecule is C/C(=C\c1csc(C)n1)[C@@H]1C[C@@H]2O[C@]2(C)CCC[C@H](C)[C@H](O)[C@@H](C)C(=O)C(C)(CN)[C@@H](O)CC(=O)O1. The van der Waals surface area contributed by atoms with Gasteiger partial charge in [0.2, 0.25) is 0 Å². The molecule has 0 bridgehead atoms. The third-order valence-electron chi connectivity index (χ3n) is 8.18. The Bertz CT molecular complexity index is 979. The molecule has 8 atom stereocenters. The molecule has 1 aromatic heterocycles. The van der Waals surface area contributed by atoms with Crippen molar-refractivity contribution >= 4 is 29.2 Å². The van der Waals surface area contributed by atoms with Crippen molar-refractivity contribution < 1.29 is 29.3 Å². The monoisotopic (exact) mass is 522 g/mol. The number of nitrogens with two attached hydrogens (primary N) is 1. The Morgan fingerprint density at radius 3 is 2.61 bits per heavy atom. The first-order valence-corrected chi connectivity index (χ1v) is 13.8. The van der Waals surface area contributed by atoms with Crippen molar-refractivity contribution in [3.63, 3.8) is 0 Å². The molecule has 202 valence electrons. The second-order valence-corrected chi connectivity index (χ2v) is 12.2. The van der Waals surface area contributed by atoms with Crippen molar-refractivity contribution in [3.05, 3.63) is 21.7 Å². The molecule has 1 aromatic rings. The van der Waals surface area contributed by atoms with Crippen molar-refractivity contribution in [2.24, 2.45) is 23.0 Å². The van der Waals surface area contributed by atoms with Gasteiger partial charge < -0.3 is 25.4 Å². The lowest BCUT2D eigenvalue weighted by molar-refractivity contribution is -0.154. The lowest BCUT2D eigenvalue weighted by atomic mass is 9.71. The van der Waals surface area contributed by atoms with Gasteiger partial charge in [0, 0.05) is 24.3 Å². The van der Waals surface area contributed by atoms with Crippen LogP contribution in [0.3, 0.4) is 0 Å². The molecule has 0 spiro atoms. The van der Waals surface area contributed by atoms with Crippen molar-refractivity contribution in [3.8, 4) is 0 Å². The van der Waals surface area contributed by atoms with Crippen LogP contribution in [0.15, 0.2) is 11.0 Å². The summed E-state index contributed by atoms with van der Waals surface area (Å²) in [6, 6.07) is 0. The molecule has 2 aliphatic heterocycles. The van der Waals surface area contributed by atoms with Gasteiger partial charge in [0.05, 0.1) is 46.5 Å². The summed E-state index contributed by atoms with van der Waals surface area (Å²) in [5.74, 6) is -1.80. The lowest BCUT2D eigenvalue weighted by Gasteiger charge is -2.36. The van der Waals surface area contributed by atoms with Gasteiger partial charge in [-0.3, -0.25) is 9.59 Å². The first-order valence-electron chi connectivity index (χ1n) is 12.9. The van der Waals surface area contributed by atoms with E-state index in [1.54, 1.807) is 25.2 Å². The van der Waals surface area contributed by atoms with E-state index >= 15 is 0 Å². The molecule has 9 heteroatoms. The van der Waals surface area contributed by atoms with Crippen LogP contribution in [0.5, 0.6) is 0 Å². The number of carbonyl (C=O) groups is 2. The van der Waals surface area contributed by atoms with Crippen LogP contribution in [0.2, 0.25) is 0 Å². The van der Waals surface area contributed by atoms with E-state index < -0.39 is 35.6 Å². The van der Waals surface area contributed by atoms with Crippen LogP contribution in [-0.4, -0.2) is 63.5 Å². The van der Waals surface area contributed by atoms with E-state index in [1.807, 2.05) is 32.2 Å². The van der Waals surface area contributed by atoms with E-state index in [-0.39, 0.29) is 36.4 Å². The molecule has 0 aromatic carbocycles. The molecule has 0 saturated carbocycles. The number of thiazole rings is 1. The van der Waals surface area contributed by atoms with Crippen molar-refractivity contribution in [1.29, 1.82) is 0 Å². The van der Waals surface area contributed by atoms with E-state index in [0.717, 1.165) is 35.5 Å². The van der Waals surface area contributed by atoms with Crippen LogP contribution in [-0.2, 0) is 19.1 Å². The second kappa shape index (κ2) is 11.4. The zero-order chi connectivity index (χ0) is 26.8. The number of carbonyl (C=O) groups excluding carboxylic acids is 2. The molecular formula is C27H42N2O6S. The number of aromatic nitrogens is 1. The highest BCUT2D eigenvalue weighted by atomic mass is 32.1. The number of aliphatic hydroxyl groups is 2. The van der Waals surface area contributed by atoms with Crippen LogP contribution in [0.4, 0.5) is 0 Å². The third-order valence-corrected chi connectivity index (χ3v) is 8.97. The molecule has 2 saturated heterocycles. The fourth-order valence-corrected chi connectivity index (χ4v) is 5.78. The Kier molecular flexibility index (Phi) is 9.15. The average molecular weight is 523 g/mol. The Balaban J connectivity index is 1.88. The van der Waals surface area contributed by atoms with Crippen LogP contribution >= 0.6 is 11.3 Å². The number of aryl methyl sites for hydroxylation is 1. The fraction of sp³-hybridized carbons (Fsp3) is 0.741. The molecule has 4 N–H and O–H groups in total. The number of epoxide rings is 1. The summed E-state index contributed by atoms with van der Waals surface area (Å²) >= 11 is 1.55. The Hall–Kier alpha value is -1.65. The van der Waals surface area contributed by atoms with Gasteiger partial charge in [-0.15, -0.1) is 11.3 Å². The summed E-state index contributed by atoms with van der Waals surface area (Å²) in [7, 11) is 0. The van der Waals surface area contributed by atoms with Gasteiger partial charge in [0.15, 0.2) is 0 Å². The number of fused-ring (bicyclic) bond motifs is 1. The summed E-state index contributed by atoms with van der Waals surface area (Å²) in [5, 5.41) is 24.8. The highest BCUT2D eigenvalue weighted by molar-refractivity contribution is 7.09. The number of hydrogen-bond acceptors (Lipinski definition) is 9. The summed E-state index contributed by atoms with van der Waals surface area (Å²) in [6.07, 6.45) is 1.59. The summed E-state index contributed by atoms with van der Waals surface area (Å²) < 4.78 is 11.9. The highest BCUT2D eigenvalue weighted by Crippen LogP contribution is 2.45. The molecular weight excluding hydrogens is 480 g/mol. The topological polar surface area (TPSA) is 135 Å². The molecule has 1 unspecified atom stereocenters. The van der Waals surface area contributed by atoms with Gasteiger partial charge in [-0.2, -0.15) is 0 Å². The number of rotatable bonds is 3. The lowest BCUT2D eigenvalue weighted by Crippen LogP contribution is -2.51. The van der Waals surface area contributed by atoms with Crippen LogP contribution in [0.1, 0.15) is 77.4 Å². The molecule has 8 nitrogen and oxygen atoms in total. The van der Waals surface area contributed by atoms with Crippen LogP contribution < -0.4 is 5.73 Å². The molecule has 2 fully saturated rings. The van der Waals surface area contributed by atoms with E-state index in [9.17, 15) is 19.8 Å². The zero-order valence-electron chi connectivity index (χ0n) is 22.3. The summed E-state index contributed by atoms with van der Waals surface area (Å²) in [4.78, 5) is 30.8. The average Bonchev–Trinajstić information content (AvgIpc) is 3.27. The third kappa shape index (κ3) is 6.42. The minimum atomic E-state index is -1.38. The number of nitrogens with zero attached hydrogens (tertiary/aromatic N) is 1. The largest absolute Gasteiger partial charge is 0.458 e. The van der Waals surface area contributed by atoms with Gasteiger partial charge in [-0.1, -0.05) is 20.3 Å². The maximum atomic E-state index is 13.4. The zero-order valence-corrected chi connectivity index (χ0v) is 23.1. The number of esters is 1. The number of aliphatic hydroxyl groups excluding tert-OH is 2. The van der Waals surface area contributed by atoms with Gasteiger partial charge >= 0.3 is 5.97 Å². The number of hydrogen-bond donors (Lipinski definition) is 3. The van der Waals surface area contributed by atoms with Gasteiger partial charge in [-0.25, -0.2) is 4.98 Å². The minimum Gasteiger partial charge on any atom is -0.458 e. The molecule has 3 heterocycles. The van der Waals surface area contributed by atoms with E-state index in [2.05, 4.69) is 11.9 Å². The maximum Gasteiger partial charge on any atom is 0.309 e. The van der Waals surface area contributed by atoms with Gasteiger partial charge in [0.25, 0.3) is 0 Å². The molecule has 0 aliphatic carbocycles. The molecule has 3 rings (SSSR count). The number of ketones is 1. The summed E-state index contributed by atoms with van der Waals surface area (Å²) in [6.45, 7) is 10.9. The Morgan fingerprint density at radius 1 is 1.31 bits per heavy atom. The molecule has 2 aliphatic rings. The van der Waals surface area contributed by atoms with Crippen LogP contribution in [0, 0.1) is 24.2 Å². The van der Waals surface area contributed by atoms with Crippen LogP contribution in [0.25, 0.3) is 6.08 Å². The van der Waals surface area contributed by atoms with E-state index in [0.29, 0.717) is 6.42 Å². The smallest absolute Gasteiger partial charge is 0.309 e. The predicted octanol–water partition coefficient (Wildman–Crippen LogP) is 3.42. The summed E-state index contributed by atoms with van der Waals surface area (Å²) in [5.41, 5.74) is 5.89. The number of cyclic esters (lactones) is 1. The highest BCUT2D eigenvalue weighted by Gasteiger charge is 2.53. The number of Topliss-reactive ketones (excluding diaryl/α,β-unsaturated/α-hetero) is 1. The van der Waals surface area contributed by atoms with E-state index in [1.165, 1.54) is 0 Å². The molecule has 0 radical (unpaired) electrons. The molecule has 36 heavy (non-hydrogen) atoms. The van der Waals surface area contributed by atoms with E-state index in [4.69, 9.17) is 15.2 Å². The molecule has 0 amide bonds. The first-order chi connectivity index (χ1) is 16.8. The normalized spacial score (nSPS) is 39.4. The van der Waals surface area contributed by atoms with Gasteiger partial charge in [0.1, 0.15) is 11.9 Å². The van der Waals surface area contributed by atoms with Gasteiger partial charge in [-0.05, 0) is 58.1 Å². The quantitative estimate of drug-likeness (QED) is 0.406. The maximum absolute atomic E-state index is 13.4. The minimum absolute atomic E-state index is 0.0660. The Morgan fingerprint density at radius 2 is 2.00 bits per heavy atom. The van der Waals surface area contributed by atoms with Crippen molar-refractivity contribution in [2.75, 3.05) is 6.54 Å². The first kappa shape index (κ1) is 28.9. The second-order valence-electron chi connectivity index (χ2n) is 11.2. The van der Waals surface area contributed by atoms with Crippen molar-refractivity contribution in [2.45, 2.75) is 104 Å². The Labute approximate surface area is 218 Å².